The molecular formula is C13H20N2O3S2. The third kappa shape index (κ3) is 4.79. The number of Topliss-reactive ketones (excluding diaryl/α,β-unsaturated/α-hetero) is 1. The minimum absolute atomic E-state index is 0.113. The highest BCUT2D eigenvalue weighted by Crippen LogP contribution is 2.25. The first-order valence-corrected chi connectivity index (χ1v) is 8.49. The van der Waals surface area contributed by atoms with Crippen molar-refractivity contribution in [3.05, 3.63) is 10.6 Å². The molecule has 0 spiro atoms. The quantitative estimate of drug-likeness (QED) is 0.587. The molecule has 0 saturated carbocycles. The fourth-order valence-corrected chi connectivity index (χ4v) is 3.14. The lowest BCUT2D eigenvalue weighted by Gasteiger charge is -2.11. The van der Waals surface area contributed by atoms with Crippen molar-refractivity contribution in [1.82, 2.24) is 4.98 Å². The lowest BCUT2D eigenvalue weighted by Crippen LogP contribution is -2.18. The zero-order chi connectivity index (χ0) is 15.1. The first-order chi connectivity index (χ1) is 9.49. The molecule has 1 rings (SSSR count). The fourth-order valence-electron chi connectivity index (χ4n) is 1.51. The number of esters is 1. The molecule has 1 aromatic rings. The first kappa shape index (κ1) is 17.0. The minimum atomic E-state index is -0.544. The topological polar surface area (TPSA) is 68.3 Å². The monoisotopic (exact) mass is 316 g/mol. The van der Waals surface area contributed by atoms with Gasteiger partial charge in [-0.05, 0) is 19.6 Å². The number of anilines is 1. The summed E-state index contributed by atoms with van der Waals surface area (Å²) in [6, 6.07) is 0.223. The second-order valence-electron chi connectivity index (χ2n) is 4.18. The number of hydrogen-bond acceptors (Lipinski definition) is 7. The number of nitrogens with zero attached hydrogens (tertiary/aromatic N) is 1. The van der Waals surface area contributed by atoms with Crippen LogP contribution in [0.25, 0.3) is 0 Å². The number of thioether (sulfide) groups is 1. The normalized spacial score (nSPS) is 12.0. The molecule has 1 heterocycles. The number of ether oxygens (including phenoxy) is 1. The fraction of sp³-hybridized carbons (Fsp3) is 0.615. The van der Waals surface area contributed by atoms with Gasteiger partial charge < -0.3 is 10.1 Å². The molecule has 0 aliphatic heterocycles. The third-order valence-corrected chi connectivity index (χ3v) is 4.59. The molecule has 0 aliphatic rings. The molecule has 0 saturated heterocycles. The van der Waals surface area contributed by atoms with Gasteiger partial charge in [-0.15, -0.1) is 0 Å². The Morgan fingerprint density at radius 1 is 1.45 bits per heavy atom. The molecular weight excluding hydrogens is 296 g/mol. The molecule has 1 aromatic heterocycles. The van der Waals surface area contributed by atoms with E-state index in [1.165, 1.54) is 18.3 Å². The molecule has 112 valence electrons. The predicted molar refractivity (Wildman–Crippen MR) is 84.2 cm³/mol. The molecule has 5 nitrogen and oxygen atoms in total. The molecule has 1 atom stereocenters. The van der Waals surface area contributed by atoms with Gasteiger partial charge in [0, 0.05) is 18.7 Å². The Kier molecular flexibility index (Phi) is 7.01. The van der Waals surface area contributed by atoms with Crippen LogP contribution in [-0.4, -0.2) is 40.9 Å². The second-order valence-corrected chi connectivity index (χ2v) is 6.50. The molecule has 0 amide bonds. The Labute approximate surface area is 127 Å². The third-order valence-electron chi connectivity index (χ3n) is 2.36. The number of rotatable bonds is 8. The van der Waals surface area contributed by atoms with Gasteiger partial charge in [0.15, 0.2) is 16.6 Å². The molecule has 1 N–H and O–H groups in total. The predicted octanol–water partition coefficient (Wildman–Crippen LogP) is 3.08. The molecule has 7 heteroatoms. The standard InChI is InChI=1S/C13H20N2O3S2/c1-5-18-12(17)10-11(9(4)16)20-13(15-10)14-8(3)7-19-6-2/h8H,5-7H2,1-4H3,(H,14,15). The van der Waals surface area contributed by atoms with Crippen molar-refractivity contribution >= 4 is 40.0 Å². The SMILES string of the molecule is CCOC(=O)c1nc(NC(C)CSCC)sc1C(C)=O. The van der Waals surface area contributed by atoms with E-state index in [0.29, 0.717) is 10.0 Å². The number of carbonyl (C=O) groups excluding carboxylic acids is 2. The zero-order valence-electron chi connectivity index (χ0n) is 12.2. The van der Waals surface area contributed by atoms with Crippen LogP contribution in [0.15, 0.2) is 0 Å². The van der Waals surface area contributed by atoms with Crippen molar-refractivity contribution in [2.75, 3.05) is 23.4 Å². The van der Waals surface area contributed by atoms with Crippen LogP contribution in [0.4, 0.5) is 5.13 Å². The molecule has 0 fully saturated rings. The van der Waals surface area contributed by atoms with Gasteiger partial charge in [-0.25, -0.2) is 9.78 Å². The van der Waals surface area contributed by atoms with Crippen LogP contribution >= 0.6 is 23.1 Å². The van der Waals surface area contributed by atoms with Gasteiger partial charge in [-0.1, -0.05) is 18.3 Å². The lowest BCUT2D eigenvalue weighted by atomic mass is 10.3. The zero-order valence-corrected chi connectivity index (χ0v) is 13.8. The largest absolute Gasteiger partial charge is 0.461 e. The van der Waals surface area contributed by atoms with E-state index >= 15 is 0 Å². The smallest absolute Gasteiger partial charge is 0.358 e. The molecule has 0 radical (unpaired) electrons. The Morgan fingerprint density at radius 2 is 2.15 bits per heavy atom. The maximum absolute atomic E-state index is 11.8. The van der Waals surface area contributed by atoms with E-state index in [1.54, 1.807) is 6.92 Å². The van der Waals surface area contributed by atoms with Gasteiger partial charge in [0.2, 0.25) is 0 Å². The molecule has 0 bridgehead atoms. The lowest BCUT2D eigenvalue weighted by molar-refractivity contribution is 0.0517. The number of nitrogens with one attached hydrogen (secondary N) is 1. The summed E-state index contributed by atoms with van der Waals surface area (Å²) in [5.74, 6) is 1.28. The summed E-state index contributed by atoms with van der Waals surface area (Å²) in [5.41, 5.74) is 0.113. The van der Waals surface area contributed by atoms with Crippen LogP contribution < -0.4 is 5.32 Å². The van der Waals surface area contributed by atoms with E-state index in [4.69, 9.17) is 4.74 Å². The van der Waals surface area contributed by atoms with E-state index in [2.05, 4.69) is 17.2 Å². The van der Waals surface area contributed by atoms with E-state index in [0.717, 1.165) is 11.5 Å². The second kappa shape index (κ2) is 8.26. The summed E-state index contributed by atoms with van der Waals surface area (Å²) in [4.78, 5) is 27.9. The van der Waals surface area contributed by atoms with Crippen molar-refractivity contribution in [3.63, 3.8) is 0 Å². The molecule has 20 heavy (non-hydrogen) atoms. The summed E-state index contributed by atoms with van der Waals surface area (Å²) >= 11 is 3.02. The van der Waals surface area contributed by atoms with Crippen molar-refractivity contribution < 1.29 is 14.3 Å². The van der Waals surface area contributed by atoms with Crippen LogP contribution in [0.5, 0.6) is 0 Å². The van der Waals surface area contributed by atoms with E-state index in [9.17, 15) is 9.59 Å². The van der Waals surface area contributed by atoms with Crippen LogP contribution in [0.3, 0.4) is 0 Å². The number of aromatic nitrogens is 1. The Balaban J connectivity index is 2.86. The van der Waals surface area contributed by atoms with Gasteiger partial charge in [0.05, 0.1) is 6.61 Å². The van der Waals surface area contributed by atoms with Crippen molar-refractivity contribution in [2.24, 2.45) is 0 Å². The summed E-state index contributed by atoms with van der Waals surface area (Å²) in [6.07, 6.45) is 0. The van der Waals surface area contributed by atoms with Crippen LogP contribution in [0.1, 0.15) is 47.9 Å². The van der Waals surface area contributed by atoms with Gasteiger partial charge in [-0.3, -0.25) is 4.79 Å². The highest BCUT2D eigenvalue weighted by atomic mass is 32.2. The van der Waals surface area contributed by atoms with Gasteiger partial charge in [0.25, 0.3) is 0 Å². The summed E-state index contributed by atoms with van der Waals surface area (Å²) < 4.78 is 4.92. The molecule has 1 unspecified atom stereocenters. The highest BCUT2D eigenvalue weighted by Gasteiger charge is 2.22. The number of ketones is 1. The average molecular weight is 316 g/mol. The minimum Gasteiger partial charge on any atom is -0.461 e. The summed E-state index contributed by atoms with van der Waals surface area (Å²) in [7, 11) is 0. The number of thiazole rings is 1. The Bertz CT molecular complexity index is 474. The molecule has 0 aromatic carbocycles. The first-order valence-electron chi connectivity index (χ1n) is 6.52. The van der Waals surface area contributed by atoms with Gasteiger partial charge in [0.1, 0.15) is 4.88 Å². The van der Waals surface area contributed by atoms with Crippen LogP contribution in [0, 0.1) is 0 Å². The molecule has 0 aliphatic carbocycles. The maximum Gasteiger partial charge on any atom is 0.358 e. The summed E-state index contributed by atoms with van der Waals surface area (Å²) in [6.45, 7) is 7.56. The average Bonchev–Trinajstić information content (AvgIpc) is 2.80. The Hall–Kier alpha value is -1.08. The maximum atomic E-state index is 11.8. The van der Waals surface area contributed by atoms with Crippen molar-refractivity contribution in [1.29, 1.82) is 0 Å². The van der Waals surface area contributed by atoms with Gasteiger partial charge in [-0.2, -0.15) is 11.8 Å². The van der Waals surface area contributed by atoms with Gasteiger partial charge >= 0.3 is 5.97 Å². The van der Waals surface area contributed by atoms with E-state index in [-0.39, 0.29) is 24.1 Å². The van der Waals surface area contributed by atoms with E-state index in [1.807, 2.05) is 18.7 Å². The number of carbonyl (C=O) groups is 2. The van der Waals surface area contributed by atoms with E-state index < -0.39 is 5.97 Å². The number of hydrogen-bond donors (Lipinski definition) is 1. The van der Waals surface area contributed by atoms with Crippen molar-refractivity contribution in [2.45, 2.75) is 33.7 Å². The van der Waals surface area contributed by atoms with Crippen LogP contribution in [0.2, 0.25) is 0 Å². The highest BCUT2D eigenvalue weighted by molar-refractivity contribution is 7.99. The van der Waals surface area contributed by atoms with Crippen LogP contribution in [-0.2, 0) is 4.74 Å². The van der Waals surface area contributed by atoms with Crippen molar-refractivity contribution in [3.8, 4) is 0 Å². The summed E-state index contributed by atoms with van der Waals surface area (Å²) in [5, 5.41) is 3.80. The Morgan fingerprint density at radius 3 is 2.70 bits per heavy atom.